The summed E-state index contributed by atoms with van der Waals surface area (Å²) in [6.45, 7) is 0. The van der Waals surface area contributed by atoms with Gasteiger partial charge >= 0.3 is 0 Å². The van der Waals surface area contributed by atoms with Gasteiger partial charge in [0.2, 0.25) is 0 Å². The van der Waals surface area contributed by atoms with Crippen LogP contribution < -0.4 is 11.1 Å². The molecular formula is C12H8F3IN2. The molecule has 0 saturated carbocycles. The van der Waals surface area contributed by atoms with E-state index in [-0.39, 0.29) is 11.4 Å². The predicted octanol–water partition coefficient (Wildman–Crippen LogP) is 4.03. The number of rotatable bonds is 2. The van der Waals surface area contributed by atoms with Crippen LogP contribution in [0.4, 0.5) is 30.2 Å². The molecule has 0 fully saturated rings. The van der Waals surface area contributed by atoms with Crippen LogP contribution in [0, 0.1) is 21.0 Å². The first kappa shape index (κ1) is 13.0. The Labute approximate surface area is 115 Å². The van der Waals surface area contributed by atoms with Crippen LogP contribution in [0.15, 0.2) is 30.3 Å². The Morgan fingerprint density at radius 3 is 2.44 bits per heavy atom. The van der Waals surface area contributed by atoms with Crippen molar-refractivity contribution in [1.29, 1.82) is 0 Å². The molecule has 2 nitrogen and oxygen atoms in total. The van der Waals surface area contributed by atoms with Gasteiger partial charge < -0.3 is 11.1 Å². The molecule has 0 bridgehead atoms. The van der Waals surface area contributed by atoms with Crippen LogP contribution in [-0.4, -0.2) is 0 Å². The zero-order chi connectivity index (χ0) is 13.3. The van der Waals surface area contributed by atoms with E-state index < -0.39 is 17.5 Å². The molecule has 0 unspecified atom stereocenters. The molecule has 0 aliphatic heterocycles. The van der Waals surface area contributed by atoms with E-state index in [1.54, 1.807) is 0 Å². The second kappa shape index (κ2) is 5.05. The van der Waals surface area contributed by atoms with Crippen LogP contribution in [0.3, 0.4) is 0 Å². The molecule has 18 heavy (non-hydrogen) atoms. The number of nitrogen functional groups attached to an aromatic ring is 1. The SMILES string of the molecule is Nc1ccc(F)c(F)c1Nc1ccc(F)cc1I. The number of benzene rings is 2. The largest absolute Gasteiger partial charge is 0.397 e. The number of halogens is 4. The van der Waals surface area contributed by atoms with Gasteiger partial charge in [-0.25, -0.2) is 13.2 Å². The third-order valence-electron chi connectivity index (χ3n) is 2.32. The molecule has 2 rings (SSSR count). The van der Waals surface area contributed by atoms with Crippen molar-refractivity contribution in [1.82, 2.24) is 0 Å². The average molecular weight is 364 g/mol. The summed E-state index contributed by atoms with van der Waals surface area (Å²) < 4.78 is 40.1. The van der Waals surface area contributed by atoms with Gasteiger partial charge in [-0.3, -0.25) is 0 Å². The number of hydrogen-bond donors (Lipinski definition) is 2. The predicted molar refractivity (Wildman–Crippen MR) is 73.2 cm³/mol. The number of anilines is 3. The van der Waals surface area contributed by atoms with E-state index in [4.69, 9.17) is 5.73 Å². The molecule has 0 amide bonds. The molecular weight excluding hydrogens is 356 g/mol. The zero-order valence-corrected chi connectivity index (χ0v) is 11.1. The Morgan fingerprint density at radius 1 is 1.06 bits per heavy atom. The highest BCUT2D eigenvalue weighted by molar-refractivity contribution is 14.1. The Balaban J connectivity index is 2.43. The maximum Gasteiger partial charge on any atom is 0.184 e. The van der Waals surface area contributed by atoms with Gasteiger partial charge in [0.15, 0.2) is 11.6 Å². The molecule has 0 aliphatic carbocycles. The second-order valence-corrected chi connectivity index (χ2v) is 4.74. The summed E-state index contributed by atoms with van der Waals surface area (Å²) in [5.41, 5.74) is 5.95. The van der Waals surface area contributed by atoms with Gasteiger partial charge in [0.25, 0.3) is 0 Å². The fraction of sp³-hybridized carbons (Fsp3) is 0. The van der Waals surface area contributed by atoms with E-state index >= 15 is 0 Å². The number of hydrogen-bond acceptors (Lipinski definition) is 2. The summed E-state index contributed by atoms with van der Waals surface area (Å²) in [4.78, 5) is 0. The first-order valence-corrected chi connectivity index (χ1v) is 6.02. The lowest BCUT2D eigenvalue weighted by Gasteiger charge is -2.12. The van der Waals surface area contributed by atoms with Crippen molar-refractivity contribution in [3.8, 4) is 0 Å². The maximum atomic E-state index is 13.6. The van der Waals surface area contributed by atoms with Crippen molar-refractivity contribution >= 4 is 39.7 Å². The normalized spacial score (nSPS) is 10.4. The Hall–Kier alpha value is -1.44. The van der Waals surface area contributed by atoms with Gasteiger partial charge in [0, 0.05) is 3.57 Å². The second-order valence-electron chi connectivity index (χ2n) is 3.57. The summed E-state index contributed by atoms with van der Waals surface area (Å²) in [6.07, 6.45) is 0. The van der Waals surface area contributed by atoms with E-state index in [1.807, 2.05) is 22.6 Å². The fourth-order valence-corrected chi connectivity index (χ4v) is 2.03. The third-order valence-corrected chi connectivity index (χ3v) is 3.21. The van der Waals surface area contributed by atoms with E-state index in [9.17, 15) is 13.2 Å². The molecule has 6 heteroatoms. The Bertz CT molecular complexity index is 602. The number of nitrogens with two attached hydrogens (primary N) is 1. The molecule has 0 aliphatic rings. The summed E-state index contributed by atoms with van der Waals surface area (Å²) in [5.74, 6) is -2.46. The molecule has 0 atom stereocenters. The molecule has 2 aromatic carbocycles. The van der Waals surface area contributed by atoms with Crippen LogP contribution in [0.2, 0.25) is 0 Å². The Morgan fingerprint density at radius 2 is 1.78 bits per heavy atom. The van der Waals surface area contributed by atoms with Gasteiger partial charge in [-0.1, -0.05) is 0 Å². The fourth-order valence-electron chi connectivity index (χ4n) is 1.42. The molecule has 0 spiro atoms. The smallest absolute Gasteiger partial charge is 0.184 e. The standard InChI is InChI=1S/C12H8F3IN2/c13-6-1-4-10(8(16)5-6)18-12-9(17)3-2-7(14)11(12)15/h1-5,18H,17H2. The van der Waals surface area contributed by atoms with Crippen molar-refractivity contribution in [2.75, 3.05) is 11.1 Å². The lowest BCUT2D eigenvalue weighted by atomic mass is 10.2. The highest BCUT2D eigenvalue weighted by Crippen LogP contribution is 2.30. The molecule has 0 heterocycles. The lowest BCUT2D eigenvalue weighted by molar-refractivity contribution is 0.512. The Kier molecular flexibility index (Phi) is 3.65. The molecule has 0 aromatic heterocycles. The first-order valence-electron chi connectivity index (χ1n) is 4.94. The van der Waals surface area contributed by atoms with E-state index in [0.717, 1.165) is 6.07 Å². The maximum absolute atomic E-state index is 13.6. The van der Waals surface area contributed by atoms with E-state index in [2.05, 4.69) is 5.32 Å². The van der Waals surface area contributed by atoms with Gasteiger partial charge in [-0.05, 0) is 52.9 Å². The van der Waals surface area contributed by atoms with Crippen molar-refractivity contribution in [2.45, 2.75) is 0 Å². The average Bonchev–Trinajstić information content (AvgIpc) is 2.32. The minimum Gasteiger partial charge on any atom is -0.397 e. The van der Waals surface area contributed by atoms with Gasteiger partial charge in [0.05, 0.1) is 11.4 Å². The zero-order valence-electron chi connectivity index (χ0n) is 8.98. The van der Waals surface area contributed by atoms with Crippen molar-refractivity contribution in [3.63, 3.8) is 0 Å². The lowest BCUT2D eigenvalue weighted by Crippen LogP contribution is -2.02. The monoisotopic (exact) mass is 364 g/mol. The molecule has 0 radical (unpaired) electrons. The van der Waals surface area contributed by atoms with Gasteiger partial charge in [0.1, 0.15) is 11.5 Å². The topological polar surface area (TPSA) is 38.0 Å². The minimum absolute atomic E-state index is 0.0778. The molecule has 2 aromatic rings. The van der Waals surface area contributed by atoms with E-state index in [0.29, 0.717) is 9.26 Å². The highest BCUT2D eigenvalue weighted by Gasteiger charge is 2.13. The number of nitrogens with one attached hydrogen (secondary N) is 1. The summed E-state index contributed by atoms with van der Waals surface area (Å²) in [5, 5.41) is 2.66. The summed E-state index contributed by atoms with van der Waals surface area (Å²) in [6, 6.07) is 6.14. The highest BCUT2D eigenvalue weighted by atomic mass is 127. The van der Waals surface area contributed by atoms with E-state index in [1.165, 1.54) is 24.3 Å². The molecule has 0 saturated heterocycles. The minimum atomic E-state index is -1.06. The van der Waals surface area contributed by atoms with Crippen molar-refractivity contribution in [2.24, 2.45) is 0 Å². The van der Waals surface area contributed by atoms with Crippen LogP contribution in [0.1, 0.15) is 0 Å². The van der Waals surface area contributed by atoms with Crippen molar-refractivity contribution < 1.29 is 13.2 Å². The van der Waals surface area contributed by atoms with Crippen LogP contribution in [0.25, 0.3) is 0 Å². The van der Waals surface area contributed by atoms with Crippen molar-refractivity contribution in [3.05, 3.63) is 51.4 Å². The van der Waals surface area contributed by atoms with Crippen LogP contribution >= 0.6 is 22.6 Å². The van der Waals surface area contributed by atoms with Gasteiger partial charge in [-0.15, -0.1) is 0 Å². The van der Waals surface area contributed by atoms with Crippen LogP contribution in [-0.2, 0) is 0 Å². The third kappa shape index (κ3) is 2.53. The summed E-state index contributed by atoms with van der Waals surface area (Å²) in [7, 11) is 0. The van der Waals surface area contributed by atoms with Gasteiger partial charge in [-0.2, -0.15) is 0 Å². The first-order chi connectivity index (χ1) is 8.49. The van der Waals surface area contributed by atoms with Crippen LogP contribution in [0.5, 0.6) is 0 Å². The molecule has 3 N–H and O–H groups in total. The quantitative estimate of drug-likeness (QED) is 0.624. The molecule has 94 valence electrons. The summed E-state index contributed by atoms with van der Waals surface area (Å²) >= 11 is 1.89.